The minimum Gasteiger partial charge on any atom is -0.419 e. The van der Waals surface area contributed by atoms with Gasteiger partial charge in [0.05, 0.1) is 0 Å². The van der Waals surface area contributed by atoms with E-state index >= 15 is 0 Å². The van der Waals surface area contributed by atoms with E-state index in [0.717, 1.165) is 0 Å². The van der Waals surface area contributed by atoms with Crippen molar-refractivity contribution >= 4 is 52.1 Å². The highest BCUT2D eigenvalue weighted by atomic mass is 28.5. The Labute approximate surface area is 148 Å². The van der Waals surface area contributed by atoms with Crippen LogP contribution in [0.5, 0.6) is 0 Å². The van der Waals surface area contributed by atoms with Gasteiger partial charge in [0.1, 0.15) is 0 Å². The van der Waals surface area contributed by atoms with Gasteiger partial charge in [0.15, 0.2) is 16.6 Å². The fourth-order valence-electron chi connectivity index (χ4n) is 2.48. The minimum atomic E-state index is -2.86. The lowest BCUT2D eigenvalue weighted by Crippen LogP contribution is -2.66. The first-order valence-corrected chi connectivity index (χ1v) is 24.1. The van der Waals surface area contributed by atoms with Crippen molar-refractivity contribution in [2.24, 2.45) is 0 Å². The molecule has 2 unspecified atom stereocenters. The van der Waals surface area contributed by atoms with Gasteiger partial charge in [-0.15, -0.1) is 0 Å². The van der Waals surface area contributed by atoms with Crippen molar-refractivity contribution in [2.45, 2.75) is 72.0 Å². The van der Waals surface area contributed by atoms with E-state index in [-0.39, 0.29) is 0 Å². The summed E-state index contributed by atoms with van der Waals surface area (Å²) in [5.41, 5.74) is 0. The summed E-state index contributed by atoms with van der Waals surface area (Å²) in [5.74, 6) is 0. The molecule has 0 saturated carbocycles. The fraction of sp³-hybridized carbons (Fsp3) is 1.00. The molecule has 12 heteroatoms. The average molecular weight is 431 g/mol. The third kappa shape index (κ3) is 8.82. The standard InChI is InChI=1S/C11H34O6Si6/c1-19(2,3)12-18-13-21(7,8)16-22(9,10)17-23(11,14-18)15-20(4,5)6/h18H,1-11H3. The van der Waals surface area contributed by atoms with E-state index in [2.05, 4.69) is 39.3 Å². The monoisotopic (exact) mass is 430 g/mol. The zero-order chi connectivity index (χ0) is 18.3. The maximum Gasteiger partial charge on any atom is 0.470 e. The van der Waals surface area contributed by atoms with E-state index in [1.807, 2.05) is 32.7 Å². The summed E-state index contributed by atoms with van der Waals surface area (Å²) in [6.07, 6.45) is 0. The normalized spacial score (nSPS) is 32.2. The third-order valence-corrected chi connectivity index (χ3v) is 23.0. The zero-order valence-electron chi connectivity index (χ0n) is 16.5. The molecule has 1 rings (SSSR count). The molecule has 0 amide bonds. The van der Waals surface area contributed by atoms with E-state index in [4.69, 9.17) is 24.7 Å². The molecule has 0 bridgehead atoms. The molecule has 0 spiro atoms. The topological polar surface area (TPSA) is 55.4 Å². The van der Waals surface area contributed by atoms with E-state index in [0.29, 0.717) is 0 Å². The van der Waals surface area contributed by atoms with Crippen molar-refractivity contribution in [1.82, 2.24) is 0 Å². The van der Waals surface area contributed by atoms with Gasteiger partial charge in [-0.1, -0.05) is 0 Å². The van der Waals surface area contributed by atoms with Crippen LogP contribution in [0.1, 0.15) is 0 Å². The molecule has 1 heterocycles. The molecule has 0 aromatic carbocycles. The minimum absolute atomic E-state index is 1.79. The molecule has 0 radical (unpaired) electrons. The van der Waals surface area contributed by atoms with E-state index in [1.165, 1.54) is 0 Å². The molecule has 138 valence electrons. The molecule has 1 saturated heterocycles. The van der Waals surface area contributed by atoms with Crippen molar-refractivity contribution < 1.29 is 24.7 Å². The first-order valence-electron chi connectivity index (χ1n) is 8.04. The van der Waals surface area contributed by atoms with Crippen LogP contribution in [0.15, 0.2) is 0 Å². The summed E-state index contributed by atoms with van der Waals surface area (Å²) in [6, 6.07) is 0. The Balaban J connectivity index is 3.11. The lowest BCUT2D eigenvalue weighted by atomic mass is 11.8. The lowest BCUT2D eigenvalue weighted by Gasteiger charge is -2.45. The highest BCUT2D eigenvalue weighted by Crippen LogP contribution is 2.30. The van der Waals surface area contributed by atoms with E-state index < -0.39 is 52.1 Å². The van der Waals surface area contributed by atoms with Gasteiger partial charge in [0.2, 0.25) is 0 Å². The number of hydrogen-bond donors (Lipinski definition) is 0. The van der Waals surface area contributed by atoms with Crippen LogP contribution >= 0.6 is 0 Å². The molecular formula is C11H34O6Si6. The maximum absolute atomic E-state index is 6.39. The summed E-state index contributed by atoms with van der Waals surface area (Å²) in [7, 11) is -13.6. The van der Waals surface area contributed by atoms with Gasteiger partial charge in [-0.3, -0.25) is 0 Å². The van der Waals surface area contributed by atoms with Crippen molar-refractivity contribution in [2.75, 3.05) is 0 Å². The Morgan fingerprint density at radius 2 is 1.22 bits per heavy atom. The van der Waals surface area contributed by atoms with Crippen LogP contribution in [0.3, 0.4) is 0 Å². The Morgan fingerprint density at radius 3 is 1.65 bits per heavy atom. The summed E-state index contributed by atoms with van der Waals surface area (Å²) >= 11 is 0. The highest BCUT2D eigenvalue weighted by molar-refractivity contribution is 6.91. The van der Waals surface area contributed by atoms with Crippen molar-refractivity contribution in [3.63, 3.8) is 0 Å². The summed E-state index contributed by atoms with van der Waals surface area (Å²) < 4.78 is 37.9. The van der Waals surface area contributed by atoms with Gasteiger partial charge in [-0.05, 0) is 65.5 Å². The van der Waals surface area contributed by atoms with Crippen LogP contribution in [0, 0.1) is 0 Å². The maximum atomic E-state index is 6.39. The molecular weight excluding hydrogens is 397 g/mol. The highest BCUT2D eigenvalue weighted by Gasteiger charge is 2.53. The second-order valence-corrected chi connectivity index (χ2v) is 30.5. The molecule has 1 fully saturated rings. The fourth-order valence-corrected chi connectivity index (χ4v) is 25.6. The molecule has 1 aliphatic rings. The van der Waals surface area contributed by atoms with Gasteiger partial charge in [-0.25, -0.2) is 0 Å². The second-order valence-electron chi connectivity index (χ2n) is 8.84. The summed E-state index contributed by atoms with van der Waals surface area (Å²) in [6.45, 7) is 22.9. The van der Waals surface area contributed by atoms with Crippen molar-refractivity contribution in [3.05, 3.63) is 0 Å². The van der Waals surface area contributed by atoms with Gasteiger partial charge in [0, 0.05) is 6.55 Å². The quantitative estimate of drug-likeness (QED) is 0.637. The van der Waals surface area contributed by atoms with Crippen molar-refractivity contribution in [3.8, 4) is 0 Å². The Bertz CT molecular complexity index is 420. The van der Waals surface area contributed by atoms with Crippen molar-refractivity contribution in [1.29, 1.82) is 0 Å². The molecule has 2 atom stereocenters. The first kappa shape index (κ1) is 22.1. The molecule has 0 aromatic rings. The zero-order valence-corrected chi connectivity index (χ0v) is 22.7. The Hall–Kier alpha value is 1.06. The second kappa shape index (κ2) is 6.99. The van der Waals surface area contributed by atoms with Gasteiger partial charge in [0.25, 0.3) is 0 Å². The number of hydrogen-bond acceptors (Lipinski definition) is 6. The SMILES string of the molecule is C[Si](C)(C)O[SiH]1O[Si](C)(C)O[Si](C)(C)O[Si](C)(O[Si](C)(C)C)O1. The van der Waals surface area contributed by atoms with Crippen LogP contribution in [-0.2, 0) is 24.7 Å². The van der Waals surface area contributed by atoms with Crippen LogP contribution in [0.25, 0.3) is 0 Å². The first-order chi connectivity index (χ1) is 9.91. The largest absolute Gasteiger partial charge is 0.470 e. The molecule has 1 aliphatic heterocycles. The molecule has 0 aliphatic carbocycles. The van der Waals surface area contributed by atoms with Gasteiger partial charge in [-0.2, -0.15) is 0 Å². The molecule has 23 heavy (non-hydrogen) atoms. The van der Waals surface area contributed by atoms with Gasteiger partial charge >= 0.3 is 35.5 Å². The van der Waals surface area contributed by atoms with Crippen LogP contribution in [0.4, 0.5) is 0 Å². The average Bonchev–Trinajstić information content (AvgIpc) is 2.01. The van der Waals surface area contributed by atoms with Crippen LogP contribution in [-0.4, -0.2) is 52.1 Å². The van der Waals surface area contributed by atoms with E-state index in [9.17, 15) is 0 Å². The summed E-state index contributed by atoms with van der Waals surface area (Å²) in [4.78, 5) is 0. The molecule has 6 nitrogen and oxygen atoms in total. The Morgan fingerprint density at radius 1 is 0.696 bits per heavy atom. The van der Waals surface area contributed by atoms with Crippen LogP contribution < -0.4 is 0 Å². The predicted octanol–water partition coefficient (Wildman–Crippen LogP) is 3.46. The predicted molar refractivity (Wildman–Crippen MR) is 107 cm³/mol. The molecule has 0 N–H and O–H groups in total. The smallest absolute Gasteiger partial charge is 0.419 e. The Kier molecular flexibility index (Phi) is 6.72. The third-order valence-electron chi connectivity index (χ3n) is 2.55. The number of rotatable bonds is 4. The van der Waals surface area contributed by atoms with Crippen LogP contribution in [0.2, 0.25) is 72.0 Å². The lowest BCUT2D eigenvalue weighted by molar-refractivity contribution is 0.160. The summed E-state index contributed by atoms with van der Waals surface area (Å²) in [5, 5.41) is 0. The van der Waals surface area contributed by atoms with E-state index in [1.54, 1.807) is 0 Å². The molecule has 0 aromatic heterocycles. The van der Waals surface area contributed by atoms with Gasteiger partial charge < -0.3 is 24.7 Å².